The molecule has 2 aromatic rings. The van der Waals surface area contributed by atoms with E-state index in [1.807, 2.05) is 13.0 Å². The fourth-order valence-corrected chi connectivity index (χ4v) is 2.25. The summed E-state index contributed by atoms with van der Waals surface area (Å²) in [5, 5.41) is 3.14. The van der Waals surface area contributed by atoms with Gasteiger partial charge in [0, 0.05) is 24.8 Å². The Kier molecular flexibility index (Phi) is 3.96. The summed E-state index contributed by atoms with van der Waals surface area (Å²) in [6.45, 7) is 4.96. The van der Waals surface area contributed by atoms with Crippen molar-refractivity contribution in [3.8, 4) is 0 Å². The molecule has 1 saturated heterocycles. The van der Waals surface area contributed by atoms with Gasteiger partial charge in [0.05, 0.1) is 13.2 Å². The van der Waals surface area contributed by atoms with Crippen molar-refractivity contribution in [1.82, 2.24) is 9.97 Å². The maximum Gasteiger partial charge on any atom is 0.135 e. The lowest BCUT2D eigenvalue weighted by molar-refractivity contribution is 0.122. The van der Waals surface area contributed by atoms with Crippen LogP contribution in [-0.2, 0) is 4.74 Å². The van der Waals surface area contributed by atoms with E-state index in [-0.39, 0.29) is 5.82 Å². The van der Waals surface area contributed by atoms with E-state index in [9.17, 15) is 4.39 Å². The zero-order valence-electron chi connectivity index (χ0n) is 11.8. The van der Waals surface area contributed by atoms with Gasteiger partial charge in [0.1, 0.15) is 23.8 Å². The number of aromatic nitrogens is 2. The monoisotopic (exact) mass is 288 g/mol. The van der Waals surface area contributed by atoms with E-state index in [2.05, 4.69) is 20.2 Å². The van der Waals surface area contributed by atoms with E-state index in [4.69, 9.17) is 4.74 Å². The largest absolute Gasteiger partial charge is 0.378 e. The Morgan fingerprint density at radius 3 is 2.81 bits per heavy atom. The summed E-state index contributed by atoms with van der Waals surface area (Å²) >= 11 is 0. The first-order valence-corrected chi connectivity index (χ1v) is 6.90. The fraction of sp³-hybridized carbons (Fsp3) is 0.333. The molecule has 0 aliphatic carbocycles. The van der Waals surface area contributed by atoms with Gasteiger partial charge < -0.3 is 15.0 Å². The molecule has 0 spiro atoms. The molecule has 0 unspecified atom stereocenters. The van der Waals surface area contributed by atoms with Crippen molar-refractivity contribution in [1.29, 1.82) is 0 Å². The predicted molar refractivity (Wildman–Crippen MR) is 79.5 cm³/mol. The van der Waals surface area contributed by atoms with Crippen LogP contribution < -0.4 is 10.2 Å². The summed E-state index contributed by atoms with van der Waals surface area (Å²) in [7, 11) is 0. The zero-order valence-corrected chi connectivity index (χ0v) is 11.8. The summed E-state index contributed by atoms with van der Waals surface area (Å²) in [6, 6.07) is 6.52. The molecule has 6 heteroatoms. The van der Waals surface area contributed by atoms with Crippen LogP contribution >= 0.6 is 0 Å². The molecule has 1 aliphatic heterocycles. The minimum Gasteiger partial charge on any atom is -0.378 e. The highest BCUT2D eigenvalue weighted by Crippen LogP contribution is 2.22. The van der Waals surface area contributed by atoms with Crippen molar-refractivity contribution in [2.45, 2.75) is 6.92 Å². The lowest BCUT2D eigenvalue weighted by Crippen LogP contribution is -2.36. The van der Waals surface area contributed by atoms with Crippen LogP contribution in [0.25, 0.3) is 0 Å². The second-order valence-corrected chi connectivity index (χ2v) is 4.95. The number of aryl methyl sites for hydroxylation is 1. The number of nitrogens with one attached hydrogen (secondary N) is 1. The molecular weight excluding hydrogens is 271 g/mol. The molecular formula is C15H17FN4O. The van der Waals surface area contributed by atoms with Crippen LogP contribution in [0.15, 0.2) is 30.6 Å². The topological polar surface area (TPSA) is 50.3 Å². The Labute approximate surface area is 122 Å². The molecule has 0 amide bonds. The number of anilines is 3. The number of benzene rings is 1. The Bertz CT molecular complexity index is 629. The van der Waals surface area contributed by atoms with Crippen molar-refractivity contribution in [3.63, 3.8) is 0 Å². The van der Waals surface area contributed by atoms with E-state index < -0.39 is 0 Å². The maximum absolute atomic E-state index is 13.3. The first-order valence-electron chi connectivity index (χ1n) is 6.90. The third-order valence-electron chi connectivity index (χ3n) is 3.45. The normalized spacial score (nSPS) is 15.0. The second kappa shape index (κ2) is 6.05. The van der Waals surface area contributed by atoms with Gasteiger partial charge >= 0.3 is 0 Å². The predicted octanol–water partition coefficient (Wildman–Crippen LogP) is 2.50. The summed E-state index contributed by atoms with van der Waals surface area (Å²) < 4.78 is 18.7. The Hall–Kier alpha value is -2.21. The quantitative estimate of drug-likeness (QED) is 0.940. The van der Waals surface area contributed by atoms with Gasteiger partial charge in [-0.05, 0) is 24.6 Å². The van der Waals surface area contributed by atoms with Crippen LogP contribution in [0.5, 0.6) is 0 Å². The average molecular weight is 288 g/mol. The third kappa shape index (κ3) is 3.28. The van der Waals surface area contributed by atoms with Gasteiger partial charge in [0.2, 0.25) is 0 Å². The van der Waals surface area contributed by atoms with Gasteiger partial charge in [0.25, 0.3) is 0 Å². The highest BCUT2D eigenvalue weighted by Gasteiger charge is 2.13. The minimum atomic E-state index is -0.273. The molecule has 5 nitrogen and oxygen atoms in total. The van der Waals surface area contributed by atoms with Crippen molar-refractivity contribution in [3.05, 3.63) is 42.0 Å². The first-order chi connectivity index (χ1) is 10.2. The van der Waals surface area contributed by atoms with Crippen LogP contribution in [0.3, 0.4) is 0 Å². The van der Waals surface area contributed by atoms with Gasteiger partial charge in [-0.25, -0.2) is 14.4 Å². The van der Waals surface area contributed by atoms with E-state index in [0.29, 0.717) is 24.7 Å². The molecule has 110 valence electrons. The van der Waals surface area contributed by atoms with Crippen molar-refractivity contribution < 1.29 is 9.13 Å². The summed E-state index contributed by atoms with van der Waals surface area (Å²) in [5.41, 5.74) is 1.67. The highest BCUT2D eigenvalue weighted by atomic mass is 19.1. The molecule has 1 aromatic carbocycles. The second-order valence-electron chi connectivity index (χ2n) is 4.95. The molecule has 1 N–H and O–H groups in total. The first kappa shape index (κ1) is 13.8. The molecule has 0 bridgehead atoms. The smallest absolute Gasteiger partial charge is 0.135 e. The van der Waals surface area contributed by atoms with E-state index in [1.165, 1.54) is 18.5 Å². The van der Waals surface area contributed by atoms with Crippen molar-refractivity contribution >= 4 is 17.3 Å². The van der Waals surface area contributed by atoms with E-state index >= 15 is 0 Å². The molecule has 1 aliphatic rings. The standard InChI is InChI=1S/C15H17FN4O/c1-11-2-3-12(16)8-13(11)19-14-9-15(18-10-17-14)20-4-6-21-7-5-20/h2-3,8-10H,4-7H2,1H3,(H,17,18,19). The van der Waals surface area contributed by atoms with Gasteiger partial charge in [0.15, 0.2) is 0 Å². The van der Waals surface area contributed by atoms with Gasteiger partial charge in [-0.3, -0.25) is 0 Å². The van der Waals surface area contributed by atoms with Gasteiger partial charge in [-0.2, -0.15) is 0 Å². The molecule has 0 radical (unpaired) electrons. The van der Waals surface area contributed by atoms with Crippen molar-refractivity contribution in [2.24, 2.45) is 0 Å². The highest BCUT2D eigenvalue weighted by molar-refractivity contribution is 5.62. The van der Waals surface area contributed by atoms with Crippen LogP contribution in [0.1, 0.15) is 5.56 Å². The molecule has 21 heavy (non-hydrogen) atoms. The average Bonchev–Trinajstić information content (AvgIpc) is 2.52. The molecule has 0 atom stereocenters. The van der Waals surface area contributed by atoms with E-state index in [0.717, 1.165) is 24.5 Å². The number of hydrogen-bond donors (Lipinski definition) is 1. The number of morpholine rings is 1. The third-order valence-corrected chi connectivity index (χ3v) is 3.45. The fourth-order valence-electron chi connectivity index (χ4n) is 2.25. The van der Waals surface area contributed by atoms with Crippen LogP contribution in [0, 0.1) is 12.7 Å². The zero-order chi connectivity index (χ0) is 14.7. The summed E-state index contributed by atoms with van der Waals surface area (Å²) in [4.78, 5) is 10.6. The lowest BCUT2D eigenvalue weighted by atomic mass is 10.2. The summed E-state index contributed by atoms with van der Waals surface area (Å²) in [5.74, 6) is 1.23. The Morgan fingerprint density at radius 2 is 2.00 bits per heavy atom. The number of hydrogen-bond acceptors (Lipinski definition) is 5. The summed E-state index contributed by atoms with van der Waals surface area (Å²) in [6.07, 6.45) is 1.52. The molecule has 0 saturated carbocycles. The Balaban J connectivity index is 1.81. The minimum absolute atomic E-state index is 0.273. The van der Waals surface area contributed by atoms with Crippen molar-refractivity contribution in [2.75, 3.05) is 36.5 Å². The van der Waals surface area contributed by atoms with Crippen LogP contribution in [0.4, 0.5) is 21.7 Å². The van der Waals surface area contributed by atoms with E-state index in [1.54, 1.807) is 6.07 Å². The Morgan fingerprint density at radius 1 is 1.19 bits per heavy atom. The number of rotatable bonds is 3. The van der Waals surface area contributed by atoms with Crippen LogP contribution in [0.2, 0.25) is 0 Å². The number of halogens is 1. The molecule has 3 rings (SSSR count). The van der Waals surface area contributed by atoms with Crippen LogP contribution in [-0.4, -0.2) is 36.3 Å². The molecule has 1 fully saturated rings. The van der Waals surface area contributed by atoms with Gasteiger partial charge in [-0.15, -0.1) is 0 Å². The van der Waals surface area contributed by atoms with Gasteiger partial charge in [-0.1, -0.05) is 6.07 Å². The lowest BCUT2D eigenvalue weighted by Gasteiger charge is -2.27. The molecule has 1 aromatic heterocycles. The molecule has 2 heterocycles. The number of nitrogens with zero attached hydrogens (tertiary/aromatic N) is 3. The SMILES string of the molecule is Cc1ccc(F)cc1Nc1cc(N2CCOCC2)ncn1. The maximum atomic E-state index is 13.3. The number of ether oxygens (including phenoxy) is 1.